The number of aromatic nitrogens is 1. The number of hydrogen-bond donors (Lipinski definition) is 1. The number of ether oxygens (including phenoxy) is 1. The highest BCUT2D eigenvalue weighted by Crippen LogP contribution is 2.31. The fourth-order valence-electron chi connectivity index (χ4n) is 4.83. The van der Waals surface area contributed by atoms with Crippen molar-refractivity contribution in [1.82, 2.24) is 15.2 Å². The summed E-state index contributed by atoms with van der Waals surface area (Å²) in [7, 11) is 0. The smallest absolute Gasteiger partial charge is 0.273 e. The van der Waals surface area contributed by atoms with Crippen molar-refractivity contribution in [3.8, 4) is 5.19 Å². The van der Waals surface area contributed by atoms with Crippen molar-refractivity contribution in [2.45, 2.75) is 70.4 Å². The van der Waals surface area contributed by atoms with E-state index in [0.29, 0.717) is 29.0 Å². The number of aryl methyl sites for hydroxylation is 1. The maximum Gasteiger partial charge on any atom is 0.273 e. The van der Waals surface area contributed by atoms with Gasteiger partial charge >= 0.3 is 0 Å². The Bertz CT molecular complexity index is 950. The van der Waals surface area contributed by atoms with Crippen LogP contribution < -0.4 is 10.1 Å². The molecule has 0 radical (unpaired) electrons. The van der Waals surface area contributed by atoms with Crippen LogP contribution in [0, 0.1) is 5.92 Å². The van der Waals surface area contributed by atoms with Gasteiger partial charge in [-0.25, -0.2) is 13.8 Å². The fourth-order valence-corrected chi connectivity index (χ4v) is 5.95. The summed E-state index contributed by atoms with van der Waals surface area (Å²) >= 11 is 7.41. The van der Waals surface area contributed by atoms with Crippen molar-refractivity contribution in [1.29, 1.82) is 0 Å². The monoisotopic (exact) mass is 511 g/mol. The van der Waals surface area contributed by atoms with Crippen LogP contribution in [-0.4, -0.2) is 48.0 Å². The lowest BCUT2D eigenvalue weighted by atomic mass is 9.84. The summed E-state index contributed by atoms with van der Waals surface area (Å²) < 4.78 is 29.8. The van der Waals surface area contributed by atoms with Gasteiger partial charge in [0.15, 0.2) is 6.61 Å². The van der Waals surface area contributed by atoms with Crippen LogP contribution in [0.3, 0.4) is 0 Å². The van der Waals surface area contributed by atoms with Gasteiger partial charge in [0.2, 0.25) is 5.91 Å². The van der Waals surface area contributed by atoms with Gasteiger partial charge in [0, 0.05) is 35.5 Å². The van der Waals surface area contributed by atoms with Crippen LogP contribution in [0.1, 0.15) is 54.7 Å². The standard InChI is InChI=1S/C25H32ClF2N3O2S/c26-19-3-1-2-18(14-19)6-9-24(32)29-20-7-4-17(5-8-20)10-12-31-13-11-22-21(15-31)30-25(34-22)33-16-23(27)28/h1-3,14,17,20,23H,4-13,15-16H2,(H,29,32)/t17-,20-. The van der Waals surface area contributed by atoms with E-state index in [1.165, 1.54) is 11.3 Å². The molecule has 0 unspecified atom stereocenters. The zero-order valence-electron chi connectivity index (χ0n) is 19.3. The number of halogens is 3. The Labute approximate surface area is 208 Å². The number of benzene rings is 1. The summed E-state index contributed by atoms with van der Waals surface area (Å²) in [5.41, 5.74) is 2.07. The van der Waals surface area contributed by atoms with E-state index >= 15 is 0 Å². The minimum absolute atomic E-state index is 0.118. The Morgan fingerprint density at radius 3 is 2.88 bits per heavy atom. The number of alkyl halides is 2. The molecule has 1 amide bonds. The summed E-state index contributed by atoms with van der Waals surface area (Å²) in [5, 5.41) is 4.28. The van der Waals surface area contributed by atoms with Crippen molar-refractivity contribution in [3.63, 3.8) is 0 Å². The molecule has 0 atom stereocenters. The third-order valence-corrected chi connectivity index (χ3v) is 8.02. The lowest BCUT2D eigenvalue weighted by Gasteiger charge is -2.32. The van der Waals surface area contributed by atoms with Crippen molar-refractivity contribution < 1.29 is 18.3 Å². The van der Waals surface area contributed by atoms with Crippen LogP contribution in [0.2, 0.25) is 5.02 Å². The second-order valence-corrected chi connectivity index (χ2v) is 10.8. The molecule has 34 heavy (non-hydrogen) atoms. The molecule has 2 heterocycles. The van der Waals surface area contributed by atoms with E-state index in [4.69, 9.17) is 16.3 Å². The largest absolute Gasteiger partial charge is 0.464 e. The highest BCUT2D eigenvalue weighted by atomic mass is 35.5. The van der Waals surface area contributed by atoms with Gasteiger partial charge in [-0.1, -0.05) is 35.1 Å². The molecular formula is C25H32ClF2N3O2S. The Morgan fingerprint density at radius 2 is 2.12 bits per heavy atom. The molecule has 1 aliphatic heterocycles. The molecule has 2 aromatic rings. The second-order valence-electron chi connectivity index (χ2n) is 9.28. The molecular weight excluding hydrogens is 480 g/mol. The summed E-state index contributed by atoms with van der Waals surface area (Å²) in [6, 6.07) is 7.96. The quantitative estimate of drug-likeness (QED) is 0.458. The SMILES string of the molecule is O=C(CCc1cccc(Cl)c1)N[C@H]1CC[C@H](CCN2CCc3sc(OCC(F)F)nc3C2)CC1. The number of thiazole rings is 1. The van der Waals surface area contributed by atoms with E-state index in [0.717, 1.165) is 74.3 Å². The van der Waals surface area contributed by atoms with E-state index in [-0.39, 0.29) is 11.9 Å². The van der Waals surface area contributed by atoms with Crippen molar-refractivity contribution >= 4 is 28.8 Å². The summed E-state index contributed by atoms with van der Waals surface area (Å²) in [6.07, 6.45) is 5.11. The van der Waals surface area contributed by atoms with E-state index in [1.807, 2.05) is 24.3 Å². The molecule has 1 fully saturated rings. The van der Waals surface area contributed by atoms with Crippen LogP contribution in [0.15, 0.2) is 24.3 Å². The average molecular weight is 512 g/mol. The molecule has 1 aromatic carbocycles. The third-order valence-electron chi connectivity index (χ3n) is 6.72. The van der Waals surface area contributed by atoms with Crippen molar-refractivity contribution in [2.24, 2.45) is 5.92 Å². The highest BCUT2D eigenvalue weighted by molar-refractivity contribution is 7.13. The number of amides is 1. The fraction of sp³-hybridized carbons (Fsp3) is 0.600. The van der Waals surface area contributed by atoms with E-state index in [1.54, 1.807) is 0 Å². The number of nitrogens with one attached hydrogen (secondary N) is 1. The molecule has 1 N–H and O–H groups in total. The molecule has 0 bridgehead atoms. The molecule has 1 aliphatic carbocycles. The molecule has 5 nitrogen and oxygen atoms in total. The zero-order chi connectivity index (χ0) is 23.9. The Hall–Kier alpha value is -1.77. The Kier molecular flexibility index (Phi) is 9.14. The lowest BCUT2D eigenvalue weighted by Crippen LogP contribution is -2.38. The van der Waals surface area contributed by atoms with E-state index in [2.05, 4.69) is 15.2 Å². The minimum Gasteiger partial charge on any atom is -0.464 e. The first-order chi connectivity index (χ1) is 16.4. The number of carbonyl (C=O) groups excluding carboxylic acids is 1. The first-order valence-electron chi connectivity index (χ1n) is 12.1. The van der Waals surface area contributed by atoms with Gasteiger partial charge in [0.1, 0.15) is 0 Å². The first-order valence-corrected chi connectivity index (χ1v) is 13.3. The van der Waals surface area contributed by atoms with Gasteiger partial charge in [-0.05, 0) is 75.1 Å². The normalized spacial score (nSPS) is 20.8. The zero-order valence-corrected chi connectivity index (χ0v) is 20.9. The predicted octanol–water partition coefficient (Wildman–Crippen LogP) is 5.50. The molecule has 1 aromatic heterocycles. The number of nitrogens with zero attached hydrogens (tertiary/aromatic N) is 2. The lowest BCUT2D eigenvalue weighted by molar-refractivity contribution is -0.122. The maximum absolute atomic E-state index is 12.4. The average Bonchev–Trinajstić information content (AvgIpc) is 3.23. The Morgan fingerprint density at radius 1 is 1.29 bits per heavy atom. The molecule has 2 aliphatic rings. The number of carbonyl (C=O) groups is 1. The molecule has 186 valence electrons. The number of hydrogen-bond acceptors (Lipinski definition) is 5. The maximum atomic E-state index is 12.4. The topological polar surface area (TPSA) is 54.5 Å². The van der Waals surface area contributed by atoms with Gasteiger partial charge in [-0.3, -0.25) is 9.69 Å². The number of rotatable bonds is 10. The van der Waals surface area contributed by atoms with Crippen molar-refractivity contribution in [2.75, 3.05) is 19.7 Å². The number of fused-ring (bicyclic) bond motifs is 1. The van der Waals surface area contributed by atoms with E-state index in [9.17, 15) is 13.6 Å². The molecule has 9 heteroatoms. The van der Waals surface area contributed by atoms with E-state index < -0.39 is 13.0 Å². The second kappa shape index (κ2) is 12.3. The van der Waals surface area contributed by atoms with Gasteiger partial charge in [0.25, 0.3) is 11.6 Å². The highest BCUT2D eigenvalue weighted by Gasteiger charge is 2.25. The van der Waals surface area contributed by atoms with Gasteiger partial charge in [-0.2, -0.15) is 0 Å². The predicted molar refractivity (Wildman–Crippen MR) is 131 cm³/mol. The van der Waals surface area contributed by atoms with Gasteiger partial charge < -0.3 is 10.1 Å². The molecule has 4 rings (SSSR count). The van der Waals surface area contributed by atoms with Gasteiger partial charge in [-0.15, -0.1) is 0 Å². The Balaban J connectivity index is 1.12. The van der Waals surface area contributed by atoms with Crippen LogP contribution in [-0.2, 0) is 24.2 Å². The third kappa shape index (κ3) is 7.62. The molecule has 1 saturated carbocycles. The summed E-state index contributed by atoms with van der Waals surface area (Å²) in [4.78, 5) is 20.3. The van der Waals surface area contributed by atoms with Crippen molar-refractivity contribution in [3.05, 3.63) is 45.4 Å². The van der Waals surface area contributed by atoms with Crippen LogP contribution in [0.25, 0.3) is 0 Å². The molecule has 0 spiro atoms. The minimum atomic E-state index is -2.48. The van der Waals surface area contributed by atoms with Gasteiger partial charge in [0.05, 0.1) is 5.69 Å². The first kappa shape index (κ1) is 25.3. The van der Waals surface area contributed by atoms with Crippen LogP contribution in [0.5, 0.6) is 5.19 Å². The van der Waals surface area contributed by atoms with Crippen LogP contribution in [0.4, 0.5) is 8.78 Å². The van der Waals surface area contributed by atoms with Crippen LogP contribution >= 0.6 is 22.9 Å². The summed E-state index contributed by atoms with van der Waals surface area (Å²) in [6.45, 7) is 2.16. The molecule has 0 saturated heterocycles. The summed E-state index contributed by atoms with van der Waals surface area (Å²) in [5.74, 6) is 0.800.